The minimum absolute atomic E-state index is 0.0435. The second kappa shape index (κ2) is 10.8. The summed E-state index contributed by atoms with van der Waals surface area (Å²) in [7, 11) is 0. The molecule has 9 nitrogen and oxygen atoms in total. The number of aromatic nitrogens is 3. The number of hydrogen-bond donors (Lipinski definition) is 5. The Labute approximate surface area is 218 Å². The van der Waals surface area contributed by atoms with E-state index in [4.69, 9.17) is 16.6 Å². The molecule has 0 spiro atoms. The number of fused-ring (bicyclic) bond motifs is 1. The second-order valence-corrected chi connectivity index (χ2v) is 9.24. The Morgan fingerprint density at radius 2 is 1.81 bits per heavy atom. The lowest BCUT2D eigenvalue weighted by Gasteiger charge is -2.30. The fraction of sp³-hybridized carbons (Fsp3) is 0.185. The monoisotopic (exact) mass is 515 g/mol. The number of nitrogens with zero attached hydrogens (tertiary/aromatic N) is 2. The molecule has 2 atom stereocenters. The molecular weight excluding hydrogens is 490 g/mol. The number of amides is 2. The van der Waals surface area contributed by atoms with Gasteiger partial charge in [-0.3, -0.25) is 9.59 Å². The Morgan fingerprint density at radius 3 is 2.59 bits per heavy atom. The fourth-order valence-electron chi connectivity index (χ4n) is 4.40. The summed E-state index contributed by atoms with van der Waals surface area (Å²) in [6, 6.07) is 14.9. The lowest BCUT2D eigenvalue weighted by Crippen LogP contribution is -2.47. The van der Waals surface area contributed by atoms with E-state index < -0.39 is 0 Å². The van der Waals surface area contributed by atoms with Gasteiger partial charge in [0.15, 0.2) is 0 Å². The van der Waals surface area contributed by atoms with Gasteiger partial charge in [-0.15, -0.1) is 0 Å². The predicted molar refractivity (Wildman–Crippen MR) is 147 cm³/mol. The van der Waals surface area contributed by atoms with E-state index in [1.807, 2.05) is 30.5 Å². The molecule has 188 valence electrons. The number of halogens is 1. The molecule has 1 saturated heterocycles. The number of aromatic amines is 1. The SMILES string of the molecule is C=CC(=O)Nc1ccc(NC(=O)[C@H]2CNCC(Nc3ncc(Cl)c(-c4c[nH]c5ccccc45)n3)C2)cc1. The maximum Gasteiger partial charge on any atom is 0.247 e. The van der Waals surface area contributed by atoms with Gasteiger partial charge in [0, 0.05) is 53.2 Å². The summed E-state index contributed by atoms with van der Waals surface area (Å²) in [6.45, 7) is 4.68. The fourth-order valence-corrected chi connectivity index (χ4v) is 4.59. The van der Waals surface area contributed by atoms with Crippen molar-refractivity contribution in [3.05, 3.63) is 78.6 Å². The van der Waals surface area contributed by atoms with Crippen molar-refractivity contribution in [1.82, 2.24) is 20.3 Å². The van der Waals surface area contributed by atoms with E-state index in [1.54, 1.807) is 30.5 Å². The van der Waals surface area contributed by atoms with Gasteiger partial charge in [0.1, 0.15) is 0 Å². The molecule has 2 aromatic carbocycles. The summed E-state index contributed by atoms with van der Waals surface area (Å²) in [5.74, 6) is -0.165. The lowest BCUT2D eigenvalue weighted by molar-refractivity contribution is -0.120. The van der Waals surface area contributed by atoms with Crippen molar-refractivity contribution < 1.29 is 9.59 Å². The van der Waals surface area contributed by atoms with Gasteiger partial charge in [-0.05, 0) is 42.8 Å². The van der Waals surface area contributed by atoms with Gasteiger partial charge in [-0.2, -0.15) is 0 Å². The predicted octanol–water partition coefficient (Wildman–Crippen LogP) is 4.43. The van der Waals surface area contributed by atoms with Gasteiger partial charge in [-0.1, -0.05) is 36.4 Å². The topological polar surface area (TPSA) is 124 Å². The maximum absolute atomic E-state index is 12.9. The first-order valence-electron chi connectivity index (χ1n) is 11.9. The highest BCUT2D eigenvalue weighted by Crippen LogP contribution is 2.32. The van der Waals surface area contributed by atoms with Gasteiger partial charge in [-0.25, -0.2) is 9.97 Å². The highest BCUT2D eigenvalue weighted by Gasteiger charge is 2.28. The Bertz CT molecular complexity index is 1450. The standard InChI is InChI=1S/C27H26ClN7O2/c1-2-24(36)32-17-7-9-18(10-8-17)33-26(37)16-11-19(13-29-12-16)34-27-31-15-22(28)25(35-27)21-14-30-23-6-4-3-5-20(21)23/h2-10,14-16,19,29-30H,1,11-13H2,(H,32,36)(H,33,37)(H,31,34,35)/t16-,19?/m1/s1. The Hall–Kier alpha value is -4.21. The molecule has 1 fully saturated rings. The normalized spacial score (nSPS) is 17.2. The van der Waals surface area contributed by atoms with Crippen LogP contribution >= 0.6 is 11.6 Å². The van der Waals surface area contributed by atoms with Crippen molar-refractivity contribution in [1.29, 1.82) is 0 Å². The first kappa shape index (κ1) is 24.5. The number of carbonyl (C=O) groups is 2. The molecule has 1 aliphatic rings. The maximum atomic E-state index is 12.9. The third-order valence-corrected chi connectivity index (χ3v) is 6.52. The summed E-state index contributed by atoms with van der Waals surface area (Å²) in [4.78, 5) is 36.7. The van der Waals surface area contributed by atoms with Gasteiger partial charge in [0.2, 0.25) is 17.8 Å². The molecule has 1 aliphatic heterocycles. The zero-order chi connectivity index (χ0) is 25.8. The highest BCUT2D eigenvalue weighted by atomic mass is 35.5. The molecule has 37 heavy (non-hydrogen) atoms. The van der Waals surface area contributed by atoms with E-state index in [0.717, 1.165) is 16.5 Å². The largest absolute Gasteiger partial charge is 0.360 e. The average Bonchev–Trinajstić information content (AvgIpc) is 3.35. The van der Waals surface area contributed by atoms with Crippen LogP contribution in [-0.2, 0) is 9.59 Å². The number of benzene rings is 2. The summed E-state index contributed by atoms with van der Waals surface area (Å²) in [5, 5.41) is 13.8. The van der Waals surface area contributed by atoms with E-state index in [9.17, 15) is 9.59 Å². The molecule has 1 unspecified atom stereocenters. The third-order valence-electron chi connectivity index (χ3n) is 6.25. The van der Waals surface area contributed by atoms with E-state index in [2.05, 4.69) is 37.8 Å². The van der Waals surface area contributed by atoms with Crippen LogP contribution in [0.4, 0.5) is 17.3 Å². The van der Waals surface area contributed by atoms with Crippen LogP contribution in [0.15, 0.2) is 73.6 Å². The lowest BCUT2D eigenvalue weighted by atomic mass is 9.95. The zero-order valence-electron chi connectivity index (χ0n) is 19.9. The quantitative estimate of drug-likeness (QED) is 0.232. The molecule has 0 saturated carbocycles. The van der Waals surface area contributed by atoms with E-state index in [0.29, 0.717) is 47.6 Å². The number of hydrogen-bond acceptors (Lipinski definition) is 6. The van der Waals surface area contributed by atoms with Crippen LogP contribution in [0.2, 0.25) is 5.02 Å². The molecule has 0 aliphatic carbocycles. The number of rotatable bonds is 7. The van der Waals surface area contributed by atoms with E-state index >= 15 is 0 Å². The van der Waals surface area contributed by atoms with Crippen molar-refractivity contribution in [2.75, 3.05) is 29.0 Å². The van der Waals surface area contributed by atoms with Crippen LogP contribution in [0, 0.1) is 5.92 Å². The first-order chi connectivity index (χ1) is 18.0. The Balaban J connectivity index is 1.23. The van der Waals surface area contributed by atoms with Crippen LogP contribution in [0.1, 0.15) is 6.42 Å². The molecule has 3 heterocycles. The molecule has 2 amide bonds. The number of carbonyl (C=O) groups excluding carboxylic acids is 2. The number of nitrogens with one attached hydrogen (secondary N) is 5. The van der Waals surface area contributed by atoms with Crippen LogP contribution in [0.3, 0.4) is 0 Å². The summed E-state index contributed by atoms with van der Waals surface area (Å²) in [6.07, 6.45) is 5.30. The average molecular weight is 516 g/mol. The number of anilines is 3. The molecule has 2 aromatic heterocycles. The molecule has 10 heteroatoms. The third kappa shape index (κ3) is 5.63. The minimum Gasteiger partial charge on any atom is -0.360 e. The Morgan fingerprint density at radius 1 is 1.05 bits per heavy atom. The van der Waals surface area contributed by atoms with Crippen LogP contribution in [-0.4, -0.2) is 45.9 Å². The van der Waals surface area contributed by atoms with Gasteiger partial charge in [0.25, 0.3) is 0 Å². The van der Waals surface area contributed by atoms with E-state index in [1.165, 1.54) is 6.08 Å². The molecule has 4 aromatic rings. The van der Waals surface area contributed by atoms with Crippen molar-refractivity contribution in [3.8, 4) is 11.3 Å². The van der Waals surface area contributed by atoms with Gasteiger partial charge in [0.05, 0.1) is 22.8 Å². The summed E-state index contributed by atoms with van der Waals surface area (Å²) >= 11 is 6.46. The summed E-state index contributed by atoms with van der Waals surface area (Å²) < 4.78 is 0. The van der Waals surface area contributed by atoms with Crippen molar-refractivity contribution in [3.63, 3.8) is 0 Å². The molecular formula is C27H26ClN7O2. The Kier molecular flexibility index (Phi) is 7.16. The van der Waals surface area contributed by atoms with Crippen molar-refractivity contribution in [2.45, 2.75) is 12.5 Å². The molecule has 0 radical (unpaired) electrons. The highest BCUT2D eigenvalue weighted by molar-refractivity contribution is 6.33. The number of piperidine rings is 1. The van der Waals surface area contributed by atoms with E-state index in [-0.39, 0.29) is 23.8 Å². The summed E-state index contributed by atoms with van der Waals surface area (Å²) in [5.41, 5.74) is 3.83. The second-order valence-electron chi connectivity index (χ2n) is 8.83. The van der Waals surface area contributed by atoms with Crippen molar-refractivity contribution in [2.24, 2.45) is 5.92 Å². The molecule has 5 rings (SSSR count). The number of H-pyrrole nitrogens is 1. The van der Waals surface area contributed by atoms with Crippen LogP contribution in [0.5, 0.6) is 0 Å². The number of para-hydroxylation sites is 1. The minimum atomic E-state index is -0.290. The van der Waals surface area contributed by atoms with Crippen LogP contribution in [0.25, 0.3) is 22.2 Å². The molecule has 0 bridgehead atoms. The van der Waals surface area contributed by atoms with Gasteiger partial charge < -0.3 is 26.3 Å². The molecule has 5 N–H and O–H groups in total. The van der Waals surface area contributed by atoms with Crippen molar-refractivity contribution >= 4 is 51.6 Å². The first-order valence-corrected chi connectivity index (χ1v) is 12.3. The zero-order valence-corrected chi connectivity index (χ0v) is 20.7. The van der Waals surface area contributed by atoms with Gasteiger partial charge >= 0.3 is 0 Å². The smallest absolute Gasteiger partial charge is 0.247 e. The van der Waals surface area contributed by atoms with Crippen LogP contribution < -0.4 is 21.3 Å².